The molecular weight excluding hydrogens is 348 g/mol. The molecule has 0 N–H and O–H groups in total. The molecule has 2 aromatic rings. The van der Waals surface area contributed by atoms with Gasteiger partial charge >= 0.3 is 0 Å². The Morgan fingerprint density at radius 2 is 1.46 bits per heavy atom. The maximum Gasteiger partial charge on any atom is 0.253 e. The summed E-state index contributed by atoms with van der Waals surface area (Å²) in [6.45, 7) is 6.75. The van der Waals surface area contributed by atoms with E-state index in [2.05, 4.69) is 26.0 Å². The molecule has 1 fully saturated rings. The van der Waals surface area contributed by atoms with Gasteiger partial charge in [-0.3, -0.25) is 9.59 Å². The minimum Gasteiger partial charge on any atom is -0.339 e. The molecule has 28 heavy (non-hydrogen) atoms. The summed E-state index contributed by atoms with van der Waals surface area (Å²) in [5.74, 6) is 0.719. The third kappa shape index (κ3) is 5.22. The number of aryl methyl sites for hydroxylation is 1. The normalized spacial score (nSPS) is 14.4. The molecule has 0 atom stereocenters. The number of hydrogen-bond donors (Lipinski definition) is 0. The van der Waals surface area contributed by atoms with Crippen molar-refractivity contribution in [1.82, 2.24) is 9.80 Å². The van der Waals surface area contributed by atoms with Crippen LogP contribution in [-0.4, -0.2) is 47.8 Å². The van der Waals surface area contributed by atoms with Crippen LogP contribution in [0.4, 0.5) is 0 Å². The highest BCUT2D eigenvalue weighted by Gasteiger charge is 2.24. The lowest BCUT2D eigenvalue weighted by Crippen LogP contribution is -2.50. The molecule has 0 radical (unpaired) electrons. The summed E-state index contributed by atoms with van der Waals surface area (Å²) in [5.41, 5.74) is 3.24. The smallest absolute Gasteiger partial charge is 0.253 e. The summed E-state index contributed by atoms with van der Waals surface area (Å²) in [6.07, 6.45) is 2.36. The standard InChI is InChI=1S/C24H30N2O2/c1-19(2)21-11-13-22(14-12-21)24(28)26-17-15-25(16-18-26)23(27)10-6-9-20-7-4-3-5-8-20/h3-5,7-8,11-14,19H,6,9-10,15-18H2,1-2H3. The van der Waals surface area contributed by atoms with Crippen LogP contribution in [-0.2, 0) is 11.2 Å². The van der Waals surface area contributed by atoms with Crippen molar-refractivity contribution in [2.45, 2.75) is 39.0 Å². The van der Waals surface area contributed by atoms with Gasteiger partial charge in [-0.05, 0) is 42.0 Å². The predicted octanol–water partition coefficient (Wildman–Crippen LogP) is 4.12. The van der Waals surface area contributed by atoms with Gasteiger partial charge < -0.3 is 9.80 Å². The molecule has 0 aliphatic carbocycles. The second kappa shape index (κ2) is 9.54. The Morgan fingerprint density at radius 3 is 2.07 bits per heavy atom. The van der Waals surface area contributed by atoms with Crippen molar-refractivity contribution in [2.75, 3.05) is 26.2 Å². The Morgan fingerprint density at radius 1 is 0.857 bits per heavy atom. The zero-order valence-electron chi connectivity index (χ0n) is 16.9. The number of benzene rings is 2. The van der Waals surface area contributed by atoms with E-state index in [4.69, 9.17) is 0 Å². The highest BCUT2D eigenvalue weighted by atomic mass is 16.2. The van der Waals surface area contributed by atoms with Crippen LogP contribution in [0, 0.1) is 0 Å². The number of nitrogens with zero attached hydrogens (tertiary/aromatic N) is 2. The van der Waals surface area contributed by atoms with Gasteiger partial charge in [-0.1, -0.05) is 56.3 Å². The minimum atomic E-state index is 0.0616. The molecule has 148 valence electrons. The fourth-order valence-electron chi connectivity index (χ4n) is 3.60. The summed E-state index contributed by atoms with van der Waals surface area (Å²) in [6, 6.07) is 18.2. The number of piperazine rings is 1. The molecule has 0 saturated carbocycles. The SMILES string of the molecule is CC(C)c1ccc(C(=O)N2CCN(C(=O)CCCc3ccccc3)CC2)cc1. The number of carbonyl (C=O) groups excluding carboxylic acids is 2. The quantitative estimate of drug-likeness (QED) is 0.759. The predicted molar refractivity (Wildman–Crippen MR) is 112 cm³/mol. The number of hydrogen-bond acceptors (Lipinski definition) is 2. The van der Waals surface area contributed by atoms with E-state index in [-0.39, 0.29) is 11.8 Å². The summed E-state index contributed by atoms with van der Waals surface area (Å²) in [5, 5.41) is 0. The first-order chi connectivity index (χ1) is 13.5. The lowest BCUT2D eigenvalue weighted by Gasteiger charge is -2.35. The Hall–Kier alpha value is -2.62. The molecule has 1 aliphatic heterocycles. The monoisotopic (exact) mass is 378 g/mol. The van der Waals surface area contributed by atoms with E-state index in [1.165, 1.54) is 11.1 Å². The van der Waals surface area contributed by atoms with Crippen molar-refractivity contribution in [2.24, 2.45) is 0 Å². The zero-order chi connectivity index (χ0) is 19.9. The van der Waals surface area contributed by atoms with E-state index in [1.54, 1.807) is 0 Å². The lowest BCUT2D eigenvalue weighted by molar-refractivity contribution is -0.132. The first-order valence-electron chi connectivity index (χ1n) is 10.3. The van der Waals surface area contributed by atoms with E-state index in [0.717, 1.165) is 18.4 Å². The van der Waals surface area contributed by atoms with Crippen LogP contribution in [0.2, 0.25) is 0 Å². The largest absolute Gasteiger partial charge is 0.339 e. The van der Waals surface area contributed by atoms with E-state index < -0.39 is 0 Å². The average Bonchev–Trinajstić information content (AvgIpc) is 2.74. The van der Waals surface area contributed by atoms with Crippen molar-refractivity contribution in [1.29, 1.82) is 0 Å². The Bertz CT molecular complexity index is 776. The van der Waals surface area contributed by atoms with Crippen LogP contribution < -0.4 is 0 Å². The first-order valence-corrected chi connectivity index (χ1v) is 10.3. The van der Waals surface area contributed by atoms with E-state index in [0.29, 0.717) is 38.5 Å². The fourth-order valence-corrected chi connectivity index (χ4v) is 3.60. The van der Waals surface area contributed by atoms with Crippen LogP contribution in [0.5, 0.6) is 0 Å². The number of rotatable bonds is 6. The van der Waals surface area contributed by atoms with Gasteiger partial charge in [0.15, 0.2) is 0 Å². The molecule has 2 aromatic carbocycles. The molecule has 0 bridgehead atoms. The molecular formula is C24H30N2O2. The van der Waals surface area contributed by atoms with Gasteiger partial charge in [0.2, 0.25) is 5.91 Å². The van der Waals surface area contributed by atoms with Crippen molar-refractivity contribution >= 4 is 11.8 Å². The van der Waals surface area contributed by atoms with E-state index in [9.17, 15) is 9.59 Å². The second-order valence-corrected chi connectivity index (χ2v) is 7.79. The van der Waals surface area contributed by atoms with E-state index >= 15 is 0 Å². The molecule has 1 saturated heterocycles. The van der Waals surface area contributed by atoms with Gasteiger partial charge in [0, 0.05) is 38.2 Å². The van der Waals surface area contributed by atoms with Crippen LogP contribution in [0.1, 0.15) is 54.1 Å². The third-order valence-electron chi connectivity index (χ3n) is 5.44. The Kier molecular flexibility index (Phi) is 6.85. The molecule has 3 rings (SSSR count). The van der Waals surface area contributed by atoms with Crippen molar-refractivity contribution in [3.63, 3.8) is 0 Å². The van der Waals surface area contributed by atoms with Gasteiger partial charge in [0.1, 0.15) is 0 Å². The summed E-state index contributed by atoms with van der Waals surface area (Å²) in [7, 11) is 0. The fraction of sp³-hybridized carbons (Fsp3) is 0.417. The minimum absolute atomic E-state index is 0.0616. The summed E-state index contributed by atoms with van der Waals surface area (Å²) < 4.78 is 0. The highest BCUT2D eigenvalue weighted by molar-refractivity contribution is 5.94. The molecule has 0 spiro atoms. The number of amides is 2. The van der Waals surface area contributed by atoms with Crippen LogP contribution in [0.3, 0.4) is 0 Å². The first kappa shape index (κ1) is 20.1. The van der Waals surface area contributed by atoms with Crippen LogP contribution in [0.15, 0.2) is 54.6 Å². The average molecular weight is 379 g/mol. The third-order valence-corrected chi connectivity index (χ3v) is 5.44. The molecule has 0 aromatic heterocycles. The van der Waals surface area contributed by atoms with Crippen LogP contribution >= 0.6 is 0 Å². The number of carbonyl (C=O) groups is 2. The molecule has 0 unspecified atom stereocenters. The van der Waals surface area contributed by atoms with Crippen LogP contribution in [0.25, 0.3) is 0 Å². The van der Waals surface area contributed by atoms with Gasteiger partial charge in [0.05, 0.1) is 0 Å². The highest BCUT2D eigenvalue weighted by Crippen LogP contribution is 2.17. The van der Waals surface area contributed by atoms with E-state index in [1.807, 2.05) is 52.3 Å². The topological polar surface area (TPSA) is 40.6 Å². The maximum atomic E-state index is 12.7. The molecule has 2 amide bonds. The Balaban J connectivity index is 1.44. The van der Waals surface area contributed by atoms with Gasteiger partial charge in [-0.15, -0.1) is 0 Å². The molecule has 4 nitrogen and oxygen atoms in total. The Labute approximate surface area is 168 Å². The summed E-state index contributed by atoms with van der Waals surface area (Å²) in [4.78, 5) is 28.9. The lowest BCUT2D eigenvalue weighted by atomic mass is 10.0. The maximum absolute atomic E-state index is 12.7. The van der Waals surface area contributed by atoms with Gasteiger partial charge in [-0.25, -0.2) is 0 Å². The van der Waals surface area contributed by atoms with Crippen molar-refractivity contribution < 1.29 is 9.59 Å². The van der Waals surface area contributed by atoms with Gasteiger partial charge in [-0.2, -0.15) is 0 Å². The molecule has 1 heterocycles. The zero-order valence-corrected chi connectivity index (χ0v) is 16.9. The van der Waals surface area contributed by atoms with Gasteiger partial charge in [0.25, 0.3) is 5.91 Å². The molecule has 4 heteroatoms. The van der Waals surface area contributed by atoms with Crippen molar-refractivity contribution in [3.8, 4) is 0 Å². The molecule has 1 aliphatic rings. The summed E-state index contributed by atoms with van der Waals surface area (Å²) >= 11 is 0. The second-order valence-electron chi connectivity index (χ2n) is 7.79. The van der Waals surface area contributed by atoms with Crippen molar-refractivity contribution in [3.05, 3.63) is 71.3 Å².